The highest BCUT2D eigenvalue weighted by Gasteiger charge is 2.16. The van der Waals surface area contributed by atoms with Gasteiger partial charge in [0.2, 0.25) is 0 Å². The fraction of sp³-hybridized carbons (Fsp3) is 0. The lowest BCUT2D eigenvalue weighted by molar-refractivity contribution is 1.07. The van der Waals surface area contributed by atoms with E-state index in [0.717, 1.165) is 22.3 Å². The number of benzene rings is 8. The average molecular weight is 612 g/mol. The van der Waals surface area contributed by atoms with E-state index in [9.17, 15) is 0 Å². The van der Waals surface area contributed by atoms with Gasteiger partial charge in [-0.05, 0) is 66.7 Å². The van der Waals surface area contributed by atoms with Crippen molar-refractivity contribution in [2.75, 3.05) is 0 Å². The van der Waals surface area contributed by atoms with Crippen molar-refractivity contribution in [3.8, 4) is 56.4 Å². The van der Waals surface area contributed by atoms with Crippen molar-refractivity contribution in [3.05, 3.63) is 176 Å². The van der Waals surface area contributed by atoms with Gasteiger partial charge >= 0.3 is 0 Å². The molecule has 0 spiro atoms. The molecule has 0 aliphatic carbocycles. The monoisotopic (exact) mass is 611 g/mol. The zero-order valence-electron chi connectivity index (χ0n) is 26.1. The third-order valence-electron chi connectivity index (χ3n) is 9.12. The summed E-state index contributed by atoms with van der Waals surface area (Å²) in [5.41, 5.74) is 7.69. The van der Waals surface area contributed by atoms with E-state index in [1.807, 2.05) is 60.7 Å². The lowest BCUT2D eigenvalue weighted by Crippen LogP contribution is -2.00. The topological polar surface area (TPSA) is 38.7 Å². The molecule has 8 aromatic carbocycles. The summed E-state index contributed by atoms with van der Waals surface area (Å²) in [5, 5.41) is 7.49. The molecule has 0 unspecified atom stereocenters. The summed E-state index contributed by atoms with van der Waals surface area (Å²) in [7, 11) is 0. The van der Waals surface area contributed by atoms with E-state index in [1.54, 1.807) is 0 Å². The summed E-state index contributed by atoms with van der Waals surface area (Å²) in [6.45, 7) is 0. The second kappa shape index (κ2) is 11.7. The highest BCUT2D eigenvalue weighted by Crippen LogP contribution is 2.42. The van der Waals surface area contributed by atoms with Gasteiger partial charge in [0.1, 0.15) is 0 Å². The van der Waals surface area contributed by atoms with Crippen LogP contribution in [0.3, 0.4) is 0 Å². The molecule has 0 atom stereocenters. The molecule has 0 fully saturated rings. The molecular weight excluding hydrogens is 583 g/mol. The van der Waals surface area contributed by atoms with E-state index in [2.05, 4.69) is 115 Å². The Balaban J connectivity index is 1.21. The van der Waals surface area contributed by atoms with Crippen LogP contribution in [0.15, 0.2) is 176 Å². The Morgan fingerprint density at radius 2 is 0.521 bits per heavy atom. The lowest BCUT2D eigenvalue weighted by Gasteiger charge is -2.16. The van der Waals surface area contributed by atoms with Gasteiger partial charge in [0, 0.05) is 16.7 Å². The summed E-state index contributed by atoms with van der Waals surface area (Å²) in [6, 6.07) is 61.8. The maximum atomic E-state index is 4.94. The van der Waals surface area contributed by atoms with Crippen LogP contribution >= 0.6 is 0 Å². The van der Waals surface area contributed by atoms with Crippen LogP contribution in [0.1, 0.15) is 0 Å². The van der Waals surface area contributed by atoms with Gasteiger partial charge in [-0.15, -0.1) is 0 Å². The molecule has 3 nitrogen and oxygen atoms in total. The van der Waals surface area contributed by atoms with Gasteiger partial charge in [0.15, 0.2) is 17.5 Å². The fourth-order valence-electron chi connectivity index (χ4n) is 6.78. The van der Waals surface area contributed by atoms with Crippen molar-refractivity contribution in [2.24, 2.45) is 0 Å². The van der Waals surface area contributed by atoms with E-state index in [0.29, 0.717) is 17.5 Å². The number of fused-ring (bicyclic) bond motifs is 5. The maximum Gasteiger partial charge on any atom is 0.164 e. The normalized spacial score (nSPS) is 11.3. The first-order valence-electron chi connectivity index (χ1n) is 16.2. The van der Waals surface area contributed by atoms with Gasteiger partial charge in [-0.3, -0.25) is 0 Å². The Morgan fingerprint density at radius 1 is 0.229 bits per heavy atom. The van der Waals surface area contributed by atoms with Crippen molar-refractivity contribution in [2.45, 2.75) is 0 Å². The highest BCUT2D eigenvalue weighted by molar-refractivity contribution is 6.23. The molecule has 48 heavy (non-hydrogen) atoms. The van der Waals surface area contributed by atoms with Gasteiger partial charge in [0.25, 0.3) is 0 Å². The zero-order valence-corrected chi connectivity index (χ0v) is 26.1. The number of nitrogens with zero attached hydrogens (tertiary/aromatic N) is 3. The molecule has 9 rings (SSSR count). The summed E-state index contributed by atoms with van der Waals surface area (Å²) in [5.74, 6) is 1.97. The standard InChI is InChI=1S/C45H29N3/c1-4-14-30(15-5-1)39-28-41-38-23-13-11-21-36(38)40(29-42(41)37-22-12-10-20-35(37)39)31-24-26-34(27-25-31)45-47-43(32-16-6-2-7-17-32)46-44(48-45)33-18-8-3-9-19-33/h1-29H. The second-order valence-electron chi connectivity index (χ2n) is 12.0. The Bertz CT molecular complexity index is 2520. The molecule has 0 bridgehead atoms. The number of hydrogen-bond acceptors (Lipinski definition) is 3. The molecule has 0 amide bonds. The number of rotatable bonds is 5. The first-order chi connectivity index (χ1) is 23.8. The third kappa shape index (κ3) is 4.90. The van der Waals surface area contributed by atoms with E-state index in [4.69, 9.17) is 15.0 Å². The van der Waals surface area contributed by atoms with E-state index < -0.39 is 0 Å². The van der Waals surface area contributed by atoms with E-state index in [-0.39, 0.29) is 0 Å². The average Bonchev–Trinajstić information content (AvgIpc) is 3.18. The number of hydrogen-bond donors (Lipinski definition) is 0. The predicted octanol–water partition coefficient (Wildman–Crippen LogP) is 11.7. The quantitative estimate of drug-likeness (QED) is 0.182. The molecule has 224 valence electrons. The minimum atomic E-state index is 0.650. The maximum absolute atomic E-state index is 4.94. The largest absolute Gasteiger partial charge is 0.208 e. The summed E-state index contributed by atoms with van der Waals surface area (Å²) >= 11 is 0. The van der Waals surface area contributed by atoms with Crippen molar-refractivity contribution >= 4 is 32.3 Å². The highest BCUT2D eigenvalue weighted by atomic mass is 15.0. The molecule has 0 aliphatic heterocycles. The number of aromatic nitrogens is 3. The van der Waals surface area contributed by atoms with Crippen molar-refractivity contribution in [3.63, 3.8) is 0 Å². The molecule has 3 heteroatoms. The first kappa shape index (κ1) is 27.8. The fourth-order valence-corrected chi connectivity index (χ4v) is 6.78. The first-order valence-corrected chi connectivity index (χ1v) is 16.2. The molecule has 0 saturated carbocycles. The lowest BCUT2D eigenvalue weighted by atomic mass is 9.87. The summed E-state index contributed by atoms with van der Waals surface area (Å²) < 4.78 is 0. The van der Waals surface area contributed by atoms with Crippen molar-refractivity contribution in [1.82, 2.24) is 15.0 Å². The molecule has 0 aliphatic rings. The Morgan fingerprint density at radius 3 is 0.938 bits per heavy atom. The summed E-state index contributed by atoms with van der Waals surface area (Å²) in [4.78, 5) is 14.7. The molecule has 0 N–H and O–H groups in total. The minimum absolute atomic E-state index is 0.650. The van der Waals surface area contributed by atoms with Gasteiger partial charge in [-0.1, -0.05) is 164 Å². The van der Waals surface area contributed by atoms with Crippen molar-refractivity contribution in [1.29, 1.82) is 0 Å². The van der Waals surface area contributed by atoms with E-state index >= 15 is 0 Å². The SMILES string of the molecule is c1ccc(-c2nc(-c3ccccc3)nc(-c3ccc(-c4cc5c6ccccc6c(-c6ccccc6)cc5c5ccccc45)cc3)n2)cc1. The summed E-state index contributed by atoms with van der Waals surface area (Å²) in [6.07, 6.45) is 0. The molecule has 0 saturated heterocycles. The van der Waals surface area contributed by atoms with Gasteiger partial charge < -0.3 is 0 Å². The molecule has 0 radical (unpaired) electrons. The van der Waals surface area contributed by atoms with Gasteiger partial charge in [-0.25, -0.2) is 15.0 Å². The second-order valence-corrected chi connectivity index (χ2v) is 12.0. The van der Waals surface area contributed by atoms with Crippen molar-refractivity contribution < 1.29 is 0 Å². The molecule has 1 aromatic heterocycles. The van der Waals surface area contributed by atoms with Gasteiger partial charge in [0.05, 0.1) is 0 Å². The van der Waals surface area contributed by atoms with Crippen LogP contribution in [0.5, 0.6) is 0 Å². The molecule has 9 aromatic rings. The third-order valence-corrected chi connectivity index (χ3v) is 9.12. The molecule has 1 heterocycles. The van der Waals surface area contributed by atoms with Crippen LogP contribution in [0.4, 0.5) is 0 Å². The van der Waals surface area contributed by atoms with Crippen LogP contribution in [-0.4, -0.2) is 15.0 Å². The Hall–Kier alpha value is -6.45. The van der Waals surface area contributed by atoms with Crippen LogP contribution in [0, 0.1) is 0 Å². The van der Waals surface area contributed by atoms with Crippen LogP contribution in [-0.2, 0) is 0 Å². The minimum Gasteiger partial charge on any atom is -0.208 e. The van der Waals surface area contributed by atoms with E-state index in [1.165, 1.54) is 49.0 Å². The Labute approximate surface area is 278 Å². The smallest absolute Gasteiger partial charge is 0.164 e. The zero-order chi connectivity index (χ0) is 31.9. The van der Waals surface area contributed by atoms with Gasteiger partial charge in [-0.2, -0.15) is 0 Å². The van der Waals surface area contributed by atoms with Crippen LogP contribution in [0.25, 0.3) is 88.7 Å². The predicted molar refractivity (Wildman–Crippen MR) is 200 cm³/mol. The van der Waals surface area contributed by atoms with Crippen LogP contribution in [0.2, 0.25) is 0 Å². The molecular formula is C45H29N3. The van der Waals surface area contributed by atoms with Crippen LogP contribution < -0.4 is 0 Å². The Kier molecular flexibility index (Phi) is 6.80.